The lowest BCUT2D eigenvalue weighted by molar-refractivity contribution is 0.0981. The molecule has 0 radical (unpaired) electrons. The van der Waals surface area contributed by atoms with Gasteiger partial charge in [-0.2, -0.15) is 8.42 Å². The molecule has 3 N–H and O–H groups in total. The topological polar surface area (TPSA) is 128 Å². The van der Waals surface area contributed by atoms with E-state index in [0.29, 0.717) is 41.9 Å². The number of nitrogens with one attached hydrogen (secondary N) is 1. The molecule has 214 valence electrons. The maximum Gasteiger partial charge on any atom is 0.281 e. The average molecular weight is 570 g/mol. The largest absolute Gasteiger partial charge is 0.493 e. The van der Waals surface area contributed by atoms with Crippen molar-refractivity contribution >= 4 is 27.6 Å². The SMILES string of the molecule is CC(C)COc1cc(F)cc(-c2ccc(C(=O)NS(=O)(=O)c3cccc(N)n3)c(N3CC(C)CCC3(C)C)n2)c1. The van der Waals surface area contributed by atoms with Gasteiger partial charge in [0.1, 0.15) is 23.2 Å². The first kappa shape index (κ1) is 29.3. The third-order valence-electron chi connectivity index (χ3n) is 6.85. The molecule has 3 aromatic rings. The quantitative estimate of drug-likeness (QED) is 0.387. The van der Waals surface area contributed by atoms with Crippen molar-refractivity contribution in [2.75, 3.05) is 23.8 Å². The number of aromatic nitrogens is 2. The number of carbonyl (C=O) groups excluding carboxylic acids is 1. The lowest BCUT2D eigenvalue weighted by atomic mass is 9.85. The molecule has 1 fully saturated rings. The zero-order chi connectivity index (χ0) is 29.2. The number of hydrogen-bond acceptors (Lipinski definition) is 8. The molecule has 1 saturated heterocycles. The monoisotopic (exact) mass is 569 g/mol. The molecule has 1 unspecified atom stereocenters. The molecule has 0 bridgehead atoms. The lowest BCUT2D eigenvalue weighted by Gasteiger charge is -2.46. The van der Waals surface area contributed by atoms with E-state index < -0.39 is 21.7 Å². The molecule has 1 atom stereocenters. The Morgan fingerprint density at radius 2 is 1.95 bits per heavy atom. The van der Waals surface area contributed by atoms with Crippen LogP contribution in [0.3, 0.4) is 0 Å². The number of ether oxygens (including phenoxy) is 1. The summed E-state index contributed by atoms with van der Waals surface area (Å²) in [5.74, 6) is -0.0478. The van der Waals surface area contributed by atoms with Gasteiger partial charge >= 0.3 is 0 Å². The fourth-order valence-electron chi connectivity index (χ4n) is 4.62. The van der Waals surface area contributed by atoms with Gasteiger partial charge in [0.15, 0.2) is 5.03 Å². The lowest BCUT2D eigenvalue weighted by Crippen LogP contribution is -2.51. The molecule has 40 heavy (non-hydrogen) atoms. The minimum absolute atomic E-state index is 0.0120. The molecule has 1 aromatic carbocycles. The molecule has 4 rings (SSSR count). The van der Waals surface area contributed by atoms with Crippen LogP contribution in [-0.4, -0.2) is 43.0 Å². The molecule has 11 heteroatoms. The molecular weight excluding hydrogens is 533 g/mol. The van der Waals surface area contributed by atoms with Gasteiger partial charge in [-0.25, -0.2) is 19.1 Å². The Hall–Kier alpha value is -3.73. The Bertz CT molecular complexity index is 1510. The van der Waals surface area contributed by atoms with Crippen molar-refractivity contribution in [2.24, 2.45) is 11.8 Å². The normalized spacial score (nSPS) is 17.1. The molecule has 1 amide bonds. The molecule has 9 nitrogen and oxygen atoms in total. The number of benzene rings is 1. The molecule has 0 saturated carbocycles. The van der Waals surface area contributed by atoms with Gasteiger partial charge in [0.05, 0.1) is 17.9 Å². The molecule has 1 aliphatic rings. The smallest absolute Gasteiger partial charge is 0.281 e. The van der Waals surface area contributed by atoms with Crippen LogP contribution in [0.4, 0.5) is 16.0 Å². The van der Waals surface area contributed by atoms with E-state index in [0.717, 1.165) is 12.8 Å². The second kappa shape index (κ2) is 11.4. The van der Waals surface area contributed by atoms with Crippen LogP contribution in [0.15, 0.2) is 53.6 Å². The van der Waals surface area contributed by atoms with E-state index in [-0.39, 0.29) is 27.9 Å². The van der Waals surface area contributed by atoms with E-state index in [2.05, 4.69) is 30.5 Å². The fourth-order valence-corrected chi connectivity index (χ4v) is 5.56. The van der Waals surface area contributed by atoms with Gasteiger partial charge in [0.2, 0.25) is 0 Å². The molecular formula is C29H36FN5O4S. The highest BCUT2D eigenvalue weighted by Gasteiger charge is 2.36. The summed E-state index contributed by atoms with van der Waals surface area (Å²) in [5.41, 5.74) is 6.26. The fraction of sp³-hybridized carbons (Fsp3) is 0.414. The first-order chi connectivity index (χ1) is 18.7. The van der Waals surface area contributed by atoms with Crippen molar-refractivity contribution < 1.29 is 22.3 Å². The van der Waals surface area contributed by atoms with Crippen molar-refractivity contribution in [3.05, 3.63) is 59.9 Å². The molecule has 2 aromatic heterocycles. The number of amides is 1. The number of rotatable bonds is 8. The number of sulfonamides is 1. The number of halogens is 1. The number of nitrogen functional groups attached to an aromatic ring is 1. The van der Waals surface area contributed by atoms with E-state index in [1.54, 1.807) is 12.1 Å². The van der Waals surface area contributed by atoms with E-state index in [4.69, 9.17) is 15.5 Å². The van der Waals surface area contributed by atoms with Gasteiger partial charge in [-0.3, -0.25) is 4.79 Å². The van der Waals surface area contributed by atoms with Gasteiger partial charge in [0, 0.05) is 23.7 Å². The van der Waals surface area contributed by atoms with Gasteiger partial charge in [0.25, 0.3) is 15.9 Å². The van der Waals surface area contributed by atoms with Crippen LogP contribution in [0.2, 0.25) is 0 Å². The summed E-state index contributed by atoms with van der Waals surface area (Å²) in [6, 6.07) is 11.6. The summed E-state index contributed by atoms with van der Waals surface area (Å²) in [6.07, 6.45) is 1.85. The van der Waals surface area contributed by atoms with E-state index in [1.807, 2.05) is 18.7 Å². The van der Waals surface area contributed by atoms with Crippen molar-refractivity contribution in [1.29, 1.82) is 0 Å². The van der Waals surface area contributed by atoms with Gasteiger partial charge < -0.3 is 15.4 Å². The number of nitrogens with two attached hydrogens (primary N) is 1. The summed E-state index contributed by atoms with van der Waals surface area (Å²) in [5, 5.41) is -0.368. The van der Waals surface area contributed by atoms with E-state index >= 15 is 0 Å². The van der Waals surface area contributed by atoms with Crippen LogP contribution < -0.4 is 20.1 Å². The molecule has 0 aliphatic carbocycles. The average Bonchev–Trinajstić information content (AvgIpc) is 2.88. The molecule has 3 heterocycles. The summed E-state index contributed by atoms with van der Waals surface area (Å²) in [7, 11) is -4.31. The predicted octanol–water partition coefficient (Wildman–Crippen LogP) is 5.03. The number of carbonyl (C=O) groups is 1. The van der Waals surface area contributed by atoms with Crippen LogP contribution in [0.1, 0.15) is 57.8 Å². The van der Waals surface area contributed by atoms with Gasteiger partial charge in [-0.15, -0.1) is 0 Å². The third kappa shape index (κ3) is 6.70. The Morgan fingerprint density at radius 3 is 2.65 bits per heavy atom. The predicted molar refractivity (Wildman–Crippen MR) is 153 cm³/mol. The van der Waals surface area contributed by atoms with Crippen molar-refractivity contribution in [2.45, 2.75) is 58.0 Å². The first-order valence-corrected chi connectivity index (χ1v) is 14.8. The summed E-state index contributed by atoms with van der Waals surface area (Å²) in [6.45, 7) is 11.3. The second-order valence-corrected chi connectivity index (χ2v) is 13.0. The van der Waals surface area contributed by atoms with Crippen LogP contribution in [0.5, 0.6) is 5.75 Å². The van der Waals surface area contributed by atoms with Crippen molar-refractivity contribution in [1.82, 2.24) is 14.7 Å². The first-order valence-electron chi connectivity index (χ1n) is 13.3. The molecule has 1 aliphatic heterocycles. The minimum Gasteiger partial charge on any atom is -0.493 e. The Labute approximate surface area is 235 Å². The number of piperidine rings is 1. The van der Waals surface area contributed by atoms with Gasteiger partial charge in [-0.1, -0.05) is 26.8 Å². The standard InChI is InChI=1S/C29H36FN5O4S/c1-18(2)17-39-22-14-20(13-21(30)15-22)24-10-9-23(27(32-24)35-16-19(3)11-12-29(35,4)5)28(36)34-40(37,38)26-8-6-7-25(31)33-26/h6-10,13-15,18-19H,11-12,16-17H2,1-5H3,(H2,31,33)(H,34,36). The molecule has 0 spiro atoms. The van der Waals surface area contributed by atoms with Crippen LogP contribution in [0.25, 0.3) is 11.3 Å². The van der Waals surface area contributed by atoms with E-state index in [9.17, 15) is 17.6 Å². The summed E-state index contributed by atoms with van der Waals surface area (Å²) >= 11 is 0. The van der Waals surface area contributed by atoms with Crippen molar-refractivity contribution in [3.63, 3.8) is 0 Å². The number of pyridine rings is 2. The number of anilines is 2. The van der Waals surface area contributed by atoms with E-state index in [1.165, 1.54) is 36.4 Å². The van der Waals surface area contributed by atoms with Crippen molar-refractivity contribution in [3.8, 4) is 17.0 Å². The zero-order valence-electron chi connectivity index (χ0n) is 23.4. The summed E-state index contributed by atoms with van der Waals surface area (Å²) in [4.78, 5) is 24.2. The van der Waals surface area contributed by atoms with Crippen LogP contribution >= 0.6 is 0 Å². The highest BCUT2D eigenvalue weighted by Crippen LogP contribution is 2.37. The third-order valence-corrected chi connectivity index (χ3v) is 8.08. The number of hydrogen-bond donors (Lipinski definition) is 2. The van der Waals surface area contributed by atoms with Gasteiger partial charge in [-0.05, 0) is 74.9 Å². The highest BCUT2D eigenvalue weighted by molar-refractivity contribution is 7.90. The highest BCUT2D eigenvalue weighted by atomic mass is 32.2. The van der Waals surface area contributed by atoms with Crippen LogP contribution in [-0.2, 0) is 10.0 Å². The van der Waals surface area contributed by atoms with Crippen LogP contribution in [0, 0.1) is 17.7 Å². The Balaban J connectivity index is 1.78. The number of nitrogens with zero attached hydrogens (tertiary/aromatic N) is 3. The summed E-state index contributed by atoms with van der Waals surface area (Å²) < 4.78 is 48.4. The zero-order valence-corrected chi connectivity index (χ0v) is 24.3. The second-order valence-electron chi connectivity index (χ2n) is 11.4. The maximum atomic E-state index is 14.6. The Kier molecular flexibility index (Phi) is 8.34. The Morgan fingerprint density at radius 1 is 1.20 bits per heavy atom. The minimum atomic E-state index is -4.31. The maximum absolute atomic E-state index is 14.6.